The highest BCUT2D eigenvalue weighted by Crippen LogP contribution is 2.22. The van der Waals surface area contributed by atoms with Gasteiger partial charge in [0.1, 0.15) is 12.4 Å². The third-order valence-electron chi connectivity index (χ3n) is 4.42. The van der Waals surface area contributed by atoms with Gasteiger partial charge in [-0.25, -0.2) is 9.48 Å². The number of carbonyl (C=O) groups excluding carboxylic acids is 2. The van der Waals surface area contributed by atoms with E-state index in [0.717, 1.165) is 10.0 Å². The Morgan fingerprint density at radius 2 is 2.04 bits per heavy atom. The molecule has 2 amide bonds. The van der Waals surface area contributed by atoms with E-state index in [1.54, 1.807) is 41.2 Å². The fourth-order valence-corrected chi connectivity index (χ4v) is 3.39. The van der Waals surface area contributed by atoms with Crippen molar-refractivity contribution in [3.63, 3.8) is 0 Å². The zero-order valence-corrected chi connectivity index (χ0v) is 16.4. The molecule has 7 nitrogen and oxygen atoms in total. The van der Waals surface area contributed by atoms with E-state index < -0.39 is 6.09 Å². The van der Waals surface area contributed by atoms with Crippen LogP contribution in [0.15, 0.2) is 65.3 Å². The van der Waals surface area contributed by atoms with Gasteiger partial charge in [0.2, 0.25) is 0 Å². The number of cyclic esters (lactones) is 1. The molecule has 1 saturated heterocycles. The Morgan fingerprint density at radius 1 is 1.18 bits per heavy atom. The highest BCUT2D eigenvalue weighted by Gasteiger charge is 2.24. The molecule has 0 spiro atoms. The van der Waals surface area contributed by atoms with Gasteiger partial charge in [-0.05, 0) is 29.8 Å². The molecule has 1 aliphatic rings. The van der Waals surface area contributed by atoms with Crippen LogP contribution in [0.1, 0.15) is 15.9 Å². The van der Waals surface area contributed by atoms with Crippen LogP contribution in [0.3, 0.4) is 0 Å². The molecular weight excluding hydrogens is 424 g/mol. The average molecular weight is 441 g/mol. The molecule has 2 heterocycles. The van der Waals surface area contributed by atoms with Crippen molar-refractivity contribution in [2.45, 2.75) is 6.54 Å². The first-order chi connectivity index (χ1) is 13.6. The number of amides is 2. The second-order valence-corrected chi connectivity index (χ2v) is 7.09. The van der Waals surface area contributed by atoms with E-state index in [1.807, 2.05) is 24.3 Å². The third kappa shape index (κ3) is 3.77. The van der Waals surface area contributed by atoms with Crippen molar-refractivity contribution >= 4 is 39.4 Å². The van der Waals surface area contributed by atoms with Crippen LogP contribution in [0.25, 0.3) is 0 Å². The van der Waals surface area contributed by atoms with Gasteiger partial charge >= 0.3 is 6.09 Å². The summed E-state index contributed by atoms with van der Waals surface area (Å²) in [4.78, 5) is 26.0. The molecule has 0 radical (unpaired) electrons. The fourth-order valence-electron chi connectivity index (χ4n) is 2.98. The Balaban J connectivity index is 1.51. The number of halogens is 1. The van der Waals surface area contributed by atoms with Crippen LogP contribution in [0.2, 0.25) is 0 Å². The van der Waals surface area contributed by atoms with Gasteiger partial charge in [0.25, 0.3) is 5.91 Å². The standard InChI is InChI=1S/C20H17BrN4O3/c21-17-7-2-1-4-15(17)13-25-18(8-9-22-25)23-19(26)14-5-3-6-16(12-14)24-10-11-28-20(24)27/h1-9,12H,10-11,13H2,(H,23,26). The van der Waals surface area contributed by atoms with Crippen LogP contribution in [0.5, 0.6) is 0 Å². The van der Waals surface area contributed by atoms with Crippen molar-refractivity contribution in [3.05, 3.63) is 76.4 Å². The van der Waals surface area contributed by atoms with E-state index in [2.05, 4.69) is 26.3 Å². The molecule has 1 aromatic heterocycles. The molecule has 0 aliphatic carbocycles. The molecule has 142 valence electrons. The summed E-state index contributed by atoms with van der Waals surface area (Å²) in [6, 6.07) is 16.5. The van der Waals surface area contributed by atoms with Gasteiger partial charge in [-0.15, -0.1) is 0 Å². The third-order valence-corrected chi connectivity index (χ3v) is 5.19. The topological polar surface area (TPSA) is 76.5 Å². The van der Waals surface area contributed by atoms with Crippen LogP contribution in [-0.2, 0) is 11.3 Å². The predicted molar refractivity (Wildman–Crippen MR) is 109 cm³/mol. The molecule has 1 fully saturated rings. The smallest absolute Gasteiger partial charge is 0.414 e. The summed E-state index contributed by atoms with van der Waals surface area (Å²) in [5, 5.41) is 7.19. The molecular formula is C20H17BrN4O3. The number of nitrogens with one attached hydrogen (secondary N) is 1. The van der Waals surface area contributed by atoms with E-state index in [4.69, 9.17) is 4.74 Å². The minimum absolute atomic E-state index is 0.275. The summed E-state index contributed by atoms with van der Waals surface area (Å²) in [6.45, 7) is 1.34. The maximum absolute atomic E-state index is 12.7. The molecule has 2 aromatic carbocycles. The Morgan fingerprint density at radius 3 is 2.82 bits per heavy atom. The lowest BCUT2D eigenvalue weighted by atomic mass is 10.1. The van der Waals surface area contributed by atoms with Gasteiger partial charge in [-0.1, -0.05) is 40.2 Å². The first kappa shape index (κ1) is 18.2. The van der Waals surface area contributed by atoms with E-state index in [0.29, 0.717) is 36.8 Å². The van der Waals surface area contributed by atoms with Gasteiger partial charge in [-0.3, -0.25) is 9.69 Å². The van der Waals surface area contributed by atoms with Gasteiger partial charge in [-0.2, -0.15) is 5.10 Å². The molecule has 3 aromatic rings. The highest BCUT2D eigenvalue weighted by molar-refractivity contribution is 9.10. The summed E-state index contributed by atoms with van der Waals surface area (Å²) < 4.78 is 7.66. The number of hydrogen-bond donors (Lipinski definition) is 1. The fraction of sp³-hybridized carbons (Fsp3) is 0.150. The molecule has 0 atom stereocenters. The zero-order valence-electron chi connectivity index (χ0n) is 14.8. The maximum atomic E-state index is 12.7. The number of rotatable bonds is 5. The van der Waals surface area contributed by atoms with Crippen LogP contribution >= 0.6 is 15.9 Å². The van der Waals surface area contributed by atoms with Crippen LogP contribution in [0.4, 0.5) is 16.3 Å². The monoisotopic (exact) mass is 440 g/mol. The SMILES string of the molecule is O=C(Nc1ccnn1Cc1ccccc1Br)c1cccc(N2CCOC2=O)c1. The molecule has 0 saturated carbocycles. The van der Waals surface area contributed by atoms with Crippen molar-refractivity contribution in [1.29, 1.82) is 0 Å². The first-order valence-electron chi connectivity index (χ1n) is 8.73. The van der Waals surface area contributed by atoms with E-state index >= 15 is 0 Å². The minimum Gasteiger partial charge on any atom is -0.447 e. The molecule has 1 aliphatic heterocycles. The van der Waals surface area contributed by atoms with Gasteiger partial charge in [0.15, 0.2) is 0 Å². The lowest BCUT2D eigenvalue weighted by molar-refractivity contribution is 0.102. The van der Waals surface area contributed by atoms with Gasteiger partial charge in [0.05, 0.1) is 19.3 Å². The van der Waals surface area contributed by atoms with Crippen molar-refractivity contribution in [2.75, 3.05) is 23.4 Å². The second-order valence-electron chi connectivity index (χ2n) is 6.24. The number of hydrogen-bond acceptors (Lipinski definition) is 4. The lowest BCUT2D eigenvalue weighted by Crippen LogP contribution is -2.24. The number of anilines is 2. The number of ether oxygens (including phenoxy) is 1. The Bertz CT molecular complexity index is 1030. The van der Waals surface area contributed by atoms with Gasteiger partial charge in [0, 0.05) is 21.8 Å². The maximum Gasteiger partial charge on any atom is 0.414 e. The molecule has 4 rings (SSSR count). The quantitative estimate of drug-likeness (QED) is 0.652. The molecule has 0 unspecified atom stereocenters. The number of benzene rings is 2. The average Bonchev–Trinajstić information content (AvgIpc) is 3.32. The normalized spacial score (nSPS) is 13.5. The Hall–Kier alpha value is -3.13. The van der Waals surface area contributed by atoms with Crippen molar-refractivity contribution in [1.82, 2.24) is 9.78 Å². The first-order valence-corrected chi connectivity index (χ1v) is 9.52. The lowest BCUT2D eigenvalue weighted by Gasteiger charge is -2.14. The van der Waals surface area contributed by atoms with Crippen molar-refractivity contribution in [3.8, 4) is 0 Å². The molecule has 8 heteroatoms. The predicted octanol–water partition coefficient (Wildman–Crippen LogP) is 3.90. The van der Waals surface area contributed by atoms with Crippen LogP contribution < -0.4 is 10.2 Å². The van der Waals surface area contributed by atoms with Crippen molar-refractivity contribution in [2.24, 2.45) is 0 Å². The summed E-state index contributed by atoms with van der Waals surface area (Å²) in [6.07, 6.45) is 1.24. The number of carbonyl (C=O) groups is 2. The van der Waals surface area contributed by atoms with Crippen LogP contribution in [0, 0.1) is 0 Å². The molecule has 28 heavy (non-hydrogen) atoms. The van der Waals surface area contributed by atoms with Crippen molar-refractivity contribution < 1.29 is 14.3 Å². The van der Waals surface area contributed by atoms with E-state index in [-0.39, 0.29) is 5.91 Å². The number of nitrogens with zero attached hydrogens (tertiary/aromatic N) is 3. The Kier molecular flexibility index (Phi) is 5.12. The van der Waals surface area contributed by atoms with E-state index in [1.165, 1.54) is 4.90 Å². The minimum atomic E-state index is -0.399. The second kappa shape index (κ2) is 7.85. The molecule has 0 bridgehead atoms. The Labute approximate surface area is 170 Å². The highest BCUT2D eigenvalue weighted by atomic mass is 79.9. The summed E-state index contributed by atoms with van der Waals surface area (Å²) in [7, 11) is 0. The van der Waals surface area contributed by atoms with Gasteiger partial charge < -0.3 is 10.1 Å². The zero-order chi connectivity index (χ0) is 19.5. The van der Waals surface area contributed by atoms with E-state index in [9.17, 15) is 9.59 Å². The number of aromatic nitrogens is 2. The largest absolute Gasteiger partial charge is 0.447 e. The summed E-state index contributed by atoms with van der Waals surface area (Å²) in [5.74, 6) is 0.315. The van der Waals surface area contributed by atoms with Crippen LogP contribution in [-0.4, -0.2) is 34.9 Å². The summed E-state index contributed by atoms with van der Waals surface area (Å²) in [5.41, 5.74) is 2.14. The summed E-state index contributed by atoms with van der Waals surface area (Å²) >= 11 is 3.53. The molecule has 1 N–H and O–H groups in total.